The van der Waals surface area contributed by atoms with E-state index in [1.54, 1.807) is 4.90 Å². The average molecular weight is 255 g/mol. The molecule has 0 aliphatic carbocycles. The van der Waals surface area contributed by atoms with Crippen LogP contribution in [0.2, 0.25) is 0 Å². The van der Waals surface area contributed by atoms with E-state index in [0.717, 1.165) is 12.1 Å². The Morgan fingerprint density at radius 1 is 1.39 bits per heavy atom. The Labute approximate surface area is 104 Å². The second-order valence-electron chi connectivity index (χ2n) is 4.53. The van der Waals surface area contributed by atoms with Crippen molar-refractivity contribution >= 4 is 5.91 Å². The Morgan fingerprint density at radius 2 is 2.17 bits per heavy atom. The fourth-order valence-electron chi connectivity index (χ4n) is 2.07. The summed E-state index contributed by atoms with van der Waals surface area (Å²) < 4.78 is 25.7. The highest BCUT2D eigenvalue weighted by Gasteiger charge is 2.23. The molecule has 1 aliphatic heterocycles. The van der Waals surface area contributed by atoms with Gasteiger partial charge in [0.2, 0.25) is 5.91 Å². The maximum atomic E-state index is 13.0. The number of likely N-dealkylation sites (tertiary alicyclic amines) is 1. The minimum Gasteiger partial charge on any atom is -0.391 e. The zero-order valence-electron chi connectivity index (χ0n) is 9.90. The topological polar surface area (TPSA) is 40.5 Å². The molecule has 1 saturated heterocycles. The van der Waals surface area contributed by atoms with Crippen LogP contribution in [0.3, 0.4) is 0 Å². The quantitative estimate of drug-likeness (QED) is 0.889. The first kappa shape index (κ1) is 13.0. The second kappa shape index (κ2) is 5.44. The van der Waals surface area contributed by atoms with Gasteiger partial charge in [0, 0.05) is 19.5 Å². The van der Waals surface area contributed by atoms with Gasteiger partial charge in [0.15, 0.2) is 11.6 Å². The third-order valence-electron chi connectivity index (χ3n) is 3.13. The molecule has 18 heavy (non-hydrogen) atoms. The summed E-state index contributed by atoms with van der Waals surface area (Å²) in [5, 5.41) is 9.32. The van der Waals surface area contributed by atoms with Crippen molar-refractivity contribution in [1.29, 1.82) is 0 Å². The first-order chi connectivity index (χ1) is 8.56. The van der Waals surface area contributed by atoms with Gasteiger partial charge in [-0.1, -0.05) is 6.07 Å². The minimum absolute atomic E-state index is 0.0590. The fraction of sp³-hybridized carbons (Fsp3) is 0.462. The Bertz CT molecular complexity index is 451. The number of carbonyl (C=O) groups is 1. The number of hydrogen-bond donors (Lipinski definition) is 1. The molecule has 1 heterocycles. The highest BCUT2D eigenvalue weighted by molar-refractivity contribution is 5.76. The van der Waals surface area contributed by atoms with Gasteiger partial charge in [-0.2, -0.15) is 0 Å². The lowest BCUT2D eigenvalue weighted by Crippen LogP contribution is -2.29. The molecule has 3 nitrogen and oxygen atoms in total. The number of aryl methyl sites for hydroxylation is 1. The molecule has 1 amide bonds. The first-order valence-corrected chi connectivity index (χ1v) is 5.96. The van der Waals surface area contributed by atoms with Crippen LogP contribution in [-0.2, 0) is 11.2 Å². The molecule has 0 aromatic heterocycles. The molecule has 1 aliphatic rings. The molecule has 1 aromatic rings. The summed E-state index contributed by atoms with van der Waals surface area (Å²) in [6.45, 7) is 0.939. The van der Waals surface area contributed by atoms with E-state index in [-0.39, 0.29) is 12.3 Å². The van der Waals surface area contributed by atoms with Gasteiger partial charge in [-0.05, 0) is 30.5 Å². The minimum atomic E-state index is -0.892. The molecule has 0 spiro atoms. The molecule has 98 valence electrons. The van der Waals surface area contributed by atoms with E-state index in [0.29, 0.717) is 31.5 Å². The molecule has 1 N–H and O–H groups in total. The van der Waals surface area contributed by atoms with Crippen molar-refractivity contribution in [2.45, 2.75) is 25.4 Å². The van der Waals surface area contributed by atoms with E-state index in [4.69, 9.17) is 0 Å². The summed E-state index contributed by atoms with van der Waals surface area (Å²) in [5.41, 5.74) is 0.599. The van der Waals surface area contributed by atoms with Crippen LogP contribution in [0.4, 0.5) is 8.78 Å². The van der Waals surface area contributed by atoms with E-state index in [9.17, 15) is 18.7 Å². The number of carbonyl (C=O) groups excluding carboxylic acids is 1. The third kappa shape index (κ3) is 3.04. The van der Waals surface area contributed by atoms with Gasteiger partial charge in [0.05, 0.1) is 6.10 Å². The molecular weight excluding hydrogens is 240 g/mol. The van der Waals surface area contributed by atoms with E-state index in [2.05, 4.69) is 0 Å². The molecule has 1 aromatic carbocycles. The van der Waals surface area contributed by atoms with Crippen LogP contribution in [-0.4, -0.2) is 35.1 Å². The molecule has 0 unspecified atom stereocenters. The van der Waals surface area contributed by atoms with Crippen LogP contribution in [0, 0.1) is 11.6 Å². The molecule has 5 heteroatoms. The maximum Gasteiger partial charge on any atom is 0.222 e. The lowest BCUT2D eigenvalue weighted by molar-refractivity contribution is -0.130. The number of halogens is 2. The molecular formula is C13H15F2NO2. The highest BCUT2D eigenvalue weighted by atomic mass is 19.2. The van der Waals surface area contributed by atoms with Crippen molar-refractivity contribution in [2.24, 2.45) is 0 Å². The van der Waals surface area contributed by atoms with Gasteiger partial charge in [-0.25, -0.2) is 8.78 Å². The number of β-amino-alcohol motifs (C(OH)–C–C–N with tert-alkyl or cyclic N) is 1. The number of hydrogen-bond acceptors (Lipinski definition) is 2. The lowest BCUT2D eigenvalue weighted by Gasteiger charge is -2.15. The zero-order valence-corrected chi connectivity index (χ0v) is 9.90. The summed E-state index contributed by atoms with van der Waals surface area (Å²) in [6.07, 6.45) is 0.800. The van der Waals surface area contributed by atoms with E-state index >= 15 is 0 Å². The van der Waals surface area contributed by atoms with Crippen LogP contribution < -0.4 is 0 Å². The number of benzene rings is 1. The van der Waals surface area contributed by atoms with Gasteiger partial charge in [0.1, 0.15) is 0 Å². The monoisotopic (exact) mass is 255 g/mol. The fourth-order valence-corrected chi connectivity index (χ4v) is 2.07. The number of amides is 1. The van der Waals surface area contributed by atoms with Gasteiger partial charge >= 0.3 is 0 Å². The SMILES string of the molecule is O=C(CCc1ccc(F)c(F)c1)N1CC[C@@H](O)C1. The summed E-state index contributed by atoms with van der Waals surface area (Å²) in [6, 6.07) is 3.65. The summed E-state index contributed by atoms with van der Waals surface area (Å²) in [7, 11) is 0. The number of aliphatic hydroxyl groups excluding tert-OH is 1. The number of nitrogens with zero attached hydrogens (tertiary/aromatic N) is 1. The molecule has 2 rings (SSSR count). The normalized spacial score (nSPS) is 19.3. The van der Waals surface area contributed by atoms with E-state index in [1.807, 2.05) is 0 Å². The van der Waals surface area contributed by atoms with Gasteiger partial charge in [0.25, 0.3) is 0 Å². The largest absolute Gasteiger partial charge is 0.391 e. The Morgan fingerprint density at radius 3 is 2.78 bits per heavy atom. The zero-order chi connectivity index (χ0) is 13.1. The van der Waals surface area contributed by atoms with Gasteiger partial charge in [-0.15, -0.1) is 0 Å². The Kier molecular flexibility index (Phi) is 3.91. The molecule has 1 atom stereocenters. The van der Waals surface area contributed by atoms with Crippen LogP contribution in [0.1, 0.15) is 18.4 Å². The third-order valence-corrected chi connectivity index (χ3v) is 3.13. The van der Waals surface area contributed by atoms with Gasteiger partial charge in [-0.3, -0.25) is 4.79 Å². The molecule has 1 fully saturated rings. The first-order valence-electron chi connectivity index (χ1n) is 5.96. The highest BCUT2D eigenvalue weighted by Crippen LogP contribution is 2.14. The lowest BCUT2D eigenvalue weighted by atomic mass is 10.1. The summed E-state index contributed by atoms with van der Waals surface area (Å²) in [4.78, 5) is 13.4. The molecule has 0 saturated carbocycles. The van der Waals surface area contributed by atoms with Crippen molar-refractivity contribution in [3.8, 4) is 0 Å². The number of rotatable bonds is 3. The predicted octanol–water partition coefficient (Wildman–Crippen LogP) is 1.49. The second-order valence-corrected chi connectivity index (χ2v) is 4.53. The Hall–Kier alpha value is -1.49. The van der Waals surface area contributed by atoms with Crippen LogP contribution >= 0.6 is 0 Å². The van der Waals surface area contributed by atoms with Crippen molar-refractivity contribution in [2.75, 3.05) is 13.1 Å². The maximum absolute atomic E-state index is 13.0. The summed E-state index contributed by atoms with van der Waals surface area (Å²) >= 11 is 0. The molecule has 0 radical (unpaired) electrons. The number of aliphatic hydroxyl groups is 1. The van der Waals surface area contributed by atoms with Crippen LogP contribution in [0.5, 0.6) is 0 Å². The smallest absolute Gasteiger partial charge is 0.222 e. The Balaban J connectivity index is 1.87. The van der Waals surface area contributed by atoms with Crippen LogP contribution in [0.15, 0.2) is 18.2 Å². The van der Waals surface area contributed by atoms with Crippen molar-refractivity contribution in [1.82, 2.24) is 4.90 Å². The van der Waals surface area contributed by atoms with Crippen molar-refractivity contribution in [3.05, 3.63) is 35.4 Å². The van der Waals surface area contributed by atoms with Crippen molar-refractivity contribution < 1.29 is 18.7 Å². The standard InChI is InChI=1S/C13H15F2NO2/c14-11-3-1-9(7-12(11)15)2-4-13(18)16-6-5-10(17)8-16/h1,3,7,10,17H,2,4-6,8H2/t10-/m1/s1. The molecule has 0 bridgehead atoms. The van der Waals surface area contributed by atoms with Crippen LogP contribution in [0.25, 0.3) is 0 Å². The van der Waals surface area contributed by atoms with Gasteiger partial charge < -0.3 is 10.0 Å². The average Bonchev–Trinajstić information content (AvgIpc) is 2.77. The summed E-state index contributed by atoms with van der Waals surface area (Å²) in [5.74, 6) is -1.83. The predicted molar refractivity (Wildman–Crippen MR) is 61.9 cm³/mol. The van der Waals surface area contributed by atoms with E-state index in [1.165, 1.54) is 6.07 Å². The van der Waals surface area contributed by atoms with Crippen molar-refractivity contribution in [3.63, 3.8) is 0 Å². The van der Waals surface area contributed by atoms with E-state index < -0.39 is 17.7 Å².